The van der Waals surface area contributed by atoms with Crippen molar-refractivity contribution < 1.29 is 5.11 Å². The molecular weight excluding hydrogens is 384 g/mol. The lowest BCUT2D eigenvalue weighted by Crippen LogP contribution is -1.98. The summed E-state index contributed by atoms with van der Waals surface area (Å²) in [6.07, 6.45) is 19.2. The second-order valence-corrected chi connectivity index (χ2v) is 7.43. The number of hydrogen-bond acceptors (Lipinski definition) is 5. The monoisotopic (exact) mass is 400 g/mol. The van der Waals surface area contributed by atoms with Gasteiger partial charge in [-0.25, -0.2) is 20.0 Å². The predicted octanol–water partition coefficient (Wildman–Crippen LogP) is 4.99. The molecule has 0 spiro atoms. The van der Waals surface area contributed by atoms with Crippen molar-refractivity contribution in [2.75, 3.05) is 0 Å². The average molecular weight is 400 g/mol. The minimum Gasteiger partial charge on any atom is -0.505 e. The first-order valence-electron chi connectivity index (χ1n) is 9.96. The molecule has 5 heterocycles. The van der Waals surface area contributed by atoms with Crippen LogP contribution in [-0.2, 0) is 0 Å². The molecule has 5 aliphatic heterocycles. The third-order valence-corrected chi connectivity index (χ3v) is 5.25. The van der Waals surface area contributed by atoms with E-state index in [0.29, 0.717) is 17.0 Å². The maximum atomic E-state index is 11.1. The normalized spacial score (nSPS) is 20.8. The summed E-state index contributed by atoms with van der Waals surface area (Å²) in [4.78, 5) is 18.6. The number of allylic oxidation sites excluding steroid dienone is 11. The summed E-state index contributed by atoms with van der Waals surface area (Å²) in [7, 11) is 0. The number of nitrogens with zero attached hydrogens (tertiary/aromatic N) is 4. The number of benzene rings is 1. The second kappa shape index (κ2) is 6.85. The van der Waals surface area contributed by atoms with E-state index in [4.69, 9.17) is 4.99 Å². The minimum absolute atomic E-state index is 0.135. The molecule has 0 fully saturated rings. The zero-order valence-electron chi connectivity index (χ0n) is 16.4. The summed E-state index contributed by atoms with van der Waals surface area (Å²) in [5.41, 5.74) is 7.53. The van der Waals surface area contributed by atoms with Gasteiger partial charge in [-0.3, -0.25) is 0 Å². The molecule has 0 unspecified atom stereocenters. The minimum atomic E-state index is 0.135. The highest BCUT2D eigenvalue weighted by Crippen LogP contribution is 2.33. The molecule has 8 bridgehead atoms. The Labute approximate surface area is 179 Å². The molecule has 31 heavy (non-hydrogen) atoms. The van der Waals surface area contributed by atoms with Crippen LogP contribution in [0.1, 0.15) is 5.56 Å². The van der Waals surface area contributed by atoms with Crippen molar-refractivity contribution in [2.45, 2.75) is 0 Å². The highest BCUT2D eigenvalue weighted by Gasteiger charge is 2.25. The Balaban J connectivity index is 1.55. The predicted molar refractivity (Wildman–Crippen MR) is 125 cm³/mol. The van der Waals surface area contributed by atoms with Crippen LogP contribution >= 0.6 is 0 Å². The summed E-state index contributed by atoms with van der Waals surface area (Å²) in [5.74, 6) is 0.135. The van der Waals surface area contributed by atoms with Gasteiger partial charge in [0.1, 0.15) is 5.70 Å². The number of fused-ring (bicyclic) bond motifs is 4. The summed E-state index contributed by atoms with van der Waals surface area (Å²) < 4.78 is 0. The molecule has 146 valence electrons. The van der Waals surface area contributed by atoms with Gasteiger partial charge in [-0.05, 0) is 66.3 Å². The molecule has 6 rings (SSSR count). The highest BCUT2D eigenvalue weighted by atomic mass is 16.3. The molecule has 0 saturated carbocycles. The summed E-state index contributed by atoms with van der Waals surface area (Å²) in [6.45, 7) is 0. The first-order chi connectivity index (χ1) is 15.2. The van der Waals surface area contributed by atoms with Gasteiger partial charge >= 0.3 is 0 Å². The van der Waals surface area contributed by atoms with Gasteiger partial charge in [-0.15, -0.1) is 0 Å². The topological polar surface area (TPSA) is 69.7 Å². The van der Waals surface area contributed by atoms with E-state index in [1.165, 1.54) is 0 Å². The van der Waals surface area contributed by atoms with Crippen molar-refractivity contribution in [1.82, 2.24) is 0 Å². The lowest BCUT2D eigenvalue weighted by atomic mass is 10.00. The molecule has 0 radical (unpaired) electrons. The van der Waals surface area contributed by atoms with Crippen molar-refractivity contribution in [3.8, 4) is 0 Å². The van der Waals surface area contributed by atoms with Crippen LogP contribution in [0.25, 0.3) is 5.57 Å². The SMILES string of the molecule is OC1=C(c2ccccc2)C2=NC1=CC1=NC(=CC3=NC(=CC4=NC(=C2)C=C4)C=C3)C=C1. The summed E-state index contributed by atoms with van der Waals surface area (Å²) in [6, 6.07) is 9.76. The largest absolute Gasteiger partial charge is 0.505 e. The van der Waals surface area contributed by atoms with Crippen LogP contribution in [-0.4, -0.2) is 28.0 Å². The lowest BCUT2D eigenvalue weighted by molar-refractivity contribution is 0.428. The van der Waals surface area contributed by atoms with Crippen molar-refractivity contribution in [1.29, 1.82) is 0 Å². The van der Waals surface area contributed by atoms with E-state index in [2.05, 4.69) is 15.0 Å². The molecule has 1 aromatic rings. The van der Waals surface area contributed by atoms with Crippen LogP contribution in [0.2, 0.25) is 0 Å². The molecule has 0 aliphatic carbocycles. The molecule has 0 saturated heterocycles. The third kappa shape index (κ3) is 3.22. The molecule has 5 heteroatoms. The molecule has 5 aliphatic rings. The van der Waals surface area contributed by atoms with Crippen molar-refractivity contribution >= 4 is 28.4 Å². The van der Waals surface area contributed by atoms with Gasteiger partial charge in [0, 0.05) is 0 Å². The number of rotatable bonds is 1. The fourth-order valence-corrected chi connectivity index (χ4v) is 3.83. The van der Waals surface area contributed by atoms with E-state index in [1.54, 1.807) is 6.08 Å². The molecule has 0 atom stereocenters. The van der Waals surface area contributed by atoms with E-state index in [9.17, 15) is 5.11 Å². The van der Waals surface area contributed by atoms with Crippen LogP contribution in [0, 0.1) is 0 Å². The van der Waals surface area contributed by atoms with E-state index in [1.807, 2.05) is 85.0 Å². The molecule has 5 nitrogen and oxygen atoms in total. The Morgan fingerprint density at radius 2 is 1.10 bits per heavy atom. The van der Waals surface area contributed by atoms with Gasteiger partial charge in [0.05, 0.1) is 45.5 Å². The Kier molecular flexibility index (Phi) is 3.86. The van der Waals surface area contributed by atoms with Crippen LogP contribution in [0.4, 0.5) is 0 Å². The second-order valence-electron chi connectivity index (χ2n) is 7.43. The van der Waals surface area contributed by atoms with E-state index >= 15 is 0 Å². The molecule has 1 aromatic carbocycles. The maximum absolute atomic E-state index is 11.1. The first kappa shape index (κ1) is 17.5. The van der Waals surface area contributed by atoms with Crippen molar-refractivity contribution in [2.24, 2.45) is 20.0 Å². The fraction of sp³-hybridized carbons (Fsp3) is 0. The summed E-state index contributed by atoms with van der Waals surface area (Å²) in [5, 5.41) is 11.1. The van der Waals surface area contributed by atoms with Gasteiger partial charge in [-0.2, -0.15) is 0 Å². The molecular formula is C26H16N4O. The Morgan fingerprint density at radius 1 is 0.548 bits per heavy atom. The van der Waals surface area contributed by atoms with Crippen molar-refractivity contribution in [3.63, 3.8) is 0 Å². The third-order valence-electron chi connectivity index (χ3n) is 5.25. The van der Waals surface area contributed by atoms with E-state index in [-0.39, 0.29) is 5.76 Å². The smallest absolute Gasteiger partial charge is 0.151 e. The van der Waals surface area contributed by atoms with Crippen LogP contribution in [0.5, 0.6) is 0 Å². The van der Waals surface area contributed by atoms with Crippen LogP contribution < -0.4 is 0 Å². The molecule has 0 amide bonds. The van der Waals surface area contributed by atoms with Gasteiger partial charge in [0.2, 0.25) is 0 Å². The lowest BCUT2D eigenvalue weighted by Gasteiger charge is -2.04. The standard InChI is InChI=1S/C26H16N4O/c31-26-24-15-22-11-9-20(29-22)13-18-7-6-17(27-18)12-19-8-10-21(28-19)14-23(30-24)25(26)16-4-2-1-3-5-16/h1-15,31H. The van der Waals surface area contributed by atoms with Gasteiger partial charge in [0.25, 0.3) is 0 Å². The highest BCUT2D eigenvalue weighted by molar-refractivity contribution is 6.33. The molecule has 0 aromatic heterocycles. The van der Waals surface area contributed by atoms with Gasteiger partial charge in [0.15, 0.2) is 5.76 Å². The fourth-order valence-electron chi connectivity index (χ4n) is 3.83. The Hall–Kier alpha value is -4.38. The Bertz CT molecular complexity index is 1400. The molecule has 1 N–H and O–H groups in total. The Morgan fingerprint density at radius 3 is 1.71 bits per heavy atom. The van der Waals surface area contributed by atoms with Gasteiger partial charge < -0.3 is 5.11 Å². The quantitative estimate of drug-likeness (QED) is 0.709. The zero-order chi connectivity index (χ0) is 20.8. The van der Waals surface area contributed by atoms with E-state index < -0.39 is 0 Å². The van der Waals surface area contributed by atoms with Crippen molar-refractivity contribution in [3.05, 3.63) is 125 Å². The number of aliphatic imine (C=N–C) groups is 4. The van der Waals surface area contributed by atoms with Crippen LogP contribution in [0.3, 0.4) is 0 Å². The van der Waals surface area contributed by atoms with Crippen LogP contribution in [0.15, 0.2) is 140 Å². The van der Waals surface area contributed by atoms with E-state index in [0.717, 1.165) is 39.8 Å². The maximum Gasteiger partial charge on any atom is 0.151 e. The average Bonchev–Trinajstić information content (AvgIpc) is 3.55. The summed E-state index contributed by atoms with van der Waals surface area (Å²) >= 11 is 0. The number of hydrogen-bond donors (Lipinski definition) is 1. The zero-order valence-corrected chi connectivity index (χ0v) is 16.4. The number of aliphatic hydroxyl groups is 1. The van der Waals surface area contributed by atoms with Gasteiger partial charge in [-0.1, -0.05) is 30.3 Å². The first-order valence-corrected chi connectivity index (χ1v) is 9.96. The number of aliphatic hydroxyl groups excluding tert-OH is 1.